The molecule has 1 amide bonds. The average Bonchev–Trinajstić information content (AvgIpc) is 3.26. The third-order valence-corrected chi connectivity index (χ3v) is 5.75. The van der Waals surface area contributed by atoms with Gasteiger partial charge in [0.1, 0.15) is 12.0 Å². The number of hydrogen-bond donors (Lipinski definition) is 0. The van der Waals surface area contributed by atoms with Crippen LogP contribution in [0.3, 0.4) is 0 Å². The van der Waals surface area contributed by atoms with Gasteiger partial charge >= 0.3 is 0 Å². The van der Waals surface area contributed by atoms with E-state index in [1.54, 1.807) is 24.5 Å². The molecule has 0 spiro atoms. The SMILES string of the molecule is O=C(c1ccc(Cl)c(Cl)c1)N1CCc2nn3c(c2C1)-c1nocc1CC3. The Hall–Kier alpha value is -2.31. The minimum absolute atomic E-state index is 0.0645. The predicted octanol–water partition coefficient (Wildman–Crippen LogP) is 3.60. The molecule has 2 aliphatic heterocycles. The van der Waals surface area contributed by atoms with Crippen LogP contribution in [0.2, 0.25) is 10.0 Å². The van der Waals surface area contributed by atoms with E-state index >= 15 is 0 Å². The van der Waals surface area contributed by atoms with E-state index in [-0.39, 0.29) is 5.91 Å². The highest BCUT2D eigenvalue weighted by Gasteiger charge is 2.32. The van der Waals surface area contributed by atoms with Crippen LogP contribution < -0.4 is 0 Å². The first kappa shape index (κ1) is 15.9. The van der Waals surface area contributed by atoms with Crippen molar-refractivity contribution in [2.75, 3.05) is 6.54 Å². The second kappa shape index (κ2) is 5.86. The van der Waals surface area contributed by atoms with Crippen LogP contribution in [0, 0.1) is 0 Å². The molecule has 8 heteroatoms. The van der Waals surface area contributed by atoms with E-state index in [1.165, 1.54) is 0 Å². The van der Waals surface area contributed by atoms with Crippen LogP contribution in [0.25, 0.3) is 11.4 Å². The monoisotopic (exact) mass is 388 g/mol. The maximum absolute atomic E-state index is 12.9. The minimum atomic E-state index is -0.0645. The van der Waals surface area contributed by atoms with Gasteiger partial charge in [0, 0.05) is 36.2 Å². The van der Waals surface area contributed by atoms with Gasteiger partial charge < -0.3 is 9.42 Å². The molecule has 6 nitrogen and oxygen atoms in total. The van der Waals surface area contributed by atoms with Crippen molar-refractivity contribution in [3.8, 4) is 11.4 Å². The summed E-state index contributed by atoms with van der Waals surface area (Å²) in [5.74, 6) is -0.0645. The lowest BCUT2D eigenvalue weighted by molar-refractivity contribution is 0.0734. The molecule has 0 radical (unpaired) electrons. The summed E-state index contributed by atoms with van der Waals surface area (Å²) in [5, 5.41) is 9.70. The Morgan fingerprint density at radius 2 is 2.04 bits per heavy atom. The number of halogens is 2. The van der Waals surface area contributed by atoms with Gasteiger partial charge in [-0.3, -0.25) is 9.48 Å². The fourth-order valence-corrected chi connectivity index (χ4v) is 3.99. The zero-order valence-electron chi connectivity index (χ0n) is 13.7. The van der Waals surface area contributed by atoms with Gasteiger partial charge in [0.15, 0.2) is 0 Å². The van der Waals surface area contributed by atoms with Crippen LogP contribution >= 0.6 is 23.2 Å². The molecule has 0 saturated carbocycles. The highest BCUT2D eigenvalue weighted by Crippen LogP contribution is 2.35. The van der Waals surface area contributed by atoms with E-state index in [0.717, 1.165) is 47.6 Å². The Balaban J connectivity index is 1.50. The molecule has 0 fully saturated rings. The molecule has 0 atom stereocenters. The third kappa shape index (κ3) is 2.36. The zero-order valence-corrected chi connectivity index (χ0v) is 15.2. The van der Waals surface area contributed by atoms with Gasteiger partial charge in [-0.2, -0.15) is 5.10 Å². The molecule has 5 rings (SSSR count). The number of aryl methyl sites for hydroxylation is 2. The summed E-state index contributed by atoms with van der Waals surface area (Å²) >= 11 is 12.0. The summed E-state index contributed by atoms with van der Waals surface area (Å²) in [5.41, 5.74) is 5.53. The van der Waals surface area contributed by atoms with Gasteiger partial charge in [0.05, 0.1) is 28.0 Å². The summed E-state index contributed by atoms with van der Waals surface area (Å²) in [6, 6.07) is 4.97. The summed E-state index contributed by atoms with van der Waals surface area (Å²) in [6.45, 7) is 1.92. The predicted molar refractivity (Wildman–Crippen MR) is 96.3 cm³/mol. The molecule has 1 aromatic carbocycles. The van der Waals surface area contributed by atoms with Crippen LogP contribution in [0.1, 0.15) is 27.2 Å². The van der Waals surface area contributed by atoms with Crippen molar-refractivity contribution < 1.29 is 9.32 Å². The van der Waals surface area contributed by atoms with Crippen molar-refractivity contribution in [1.29, 1.82) is 0 Å². The number of amides is 1. The third-order valence-electron chi connectivity index (χ3n) is 5.02. The van der Waals surface area contributed by atoms with E-state index in [1.807, 2.05) is 9.58 Å². The van der Waals surface area contributed by atoms with Gasteiger partial charge in [-0.1, -0.05) is 28.4 Å². The molecule has 2 aromatic heterocycles. The summed E-state index contributed by atoms with van der Waals surface area (Å²) in [4.78, 5) is 14.7. The van der Waals surface area contributed by atoms with Gasteiger partial charge in [-0.25, -0.2) is 0 Å². The molecular weight excluding hydrogens is 375 g/mol. The molecule has 0 unspecified atom stereocenters. The Morgan fingerprint density at radius 3 is 2.88 bits per heavy atom. The van der Waals surface area contributed by atoms with Crippen molar-refractivity contribution in [3.05, 3.63) is 56.9 Å². The number of rotatable bonds is 1. The standard InChI is InChI=1S/C18H14Cl2N4O2/c19-13-2-1-10(7-14(13)20)18(25)23-5-4-15-12(8-23)17-16-11(9-26-22-16)3-6-24(17)21-15/h1-2,7,9H,3-6,8H2. The number of benzene rings is 1. The van der Waals surface area contributed by atoms with Crippen LogP contribution in [0.15, 0.2) is 29.0 Å². The van der Waals surface area contributed by atoms with Crippen molar-refractivity contribution in [1.82, 2.24) is 19.8 Å². The average molecular weight is 389 g/mol. The second-order valence-electron chi connectivity index (χ2n) is 6.54. The summed E-state index contributed by atoms with van der Waals surface area (Å²) < 4.78 is 7.14. The first-order valence-corrected chi connectivity index (χ1v) is 9.14. The van der Waals surface area contributed by atoms with Crippen molar-refractivity contribution in [2.45, 2.75) is 25.9 Å². The van der Waals surface area contributed by atoms with Gasteiger partial charge in [-0.15, -0.1) is 0 Å². The lowest BCUT2D eigenvalue weighted by atomic mass is 9.99. The zero-order chi connectivity index (χ0) is 17.8. The largest absolute Gasteiger partial charge is 0.364 e. The van der Waals surface area contributed by atoms with Crippen molar-refractivity contribution >= 4 is 29.1 Å². The highest BCUT2D eigenvalue weighted by molar-refractivity contribution is 6.42. The number of fused-ring (bicyclic) bond motifs is 5. The second-order valence-corrected chi connectivity index (χ2v) is 7.36. The van der Waals surface area contributed by atoms with Gasteiger partial charge in [0.25, 0.3) is 5.91 Å². The topological polar surface area (TPSA) is 64.2 Å². The lowest BCUT2D eigenvalue weighted by Crippen LogP contribution is -2.36. The molecule has 2 aliphatic rings. The maximum Gasteiger partial charge on any atom is 0.254 e. The molecule has 0 bridgehead atoms. The molecule has 0 N–H and O–H groups in total. The van der Waals surface area contributed by atoms with E-state index in [9.17, 15) is 4.79 Å². The molecule has 26 heavy (non-hydrogen) atoms. The number of hydrogen-bond acceptors (Lipinski definition) is 4. The van der Waals surface area contributed by atoms with Crippen molar-refractivity contribution in [3.63, 3.8) is 0 Å². The molecule has 0 aliphatic carbocycles. The quantitative estimate of drug-likeness (QED) is 0.638. The Labute approximate surface area is 159 Å². The van der Waals surface area contributed by atoms with E-state index in [4.69, 9.17) is 32.8 Å². The Morgan fingerprint density at radius 1 is 1.15 bits per heavy atom. The maximum atomic E-state index is 12.9. The summed E-state index contributed by atoms with van der Waals surface area (Å²) in [6.07, 6.45) is 3.27. The minimum Gasteiger partial charge on any atom is -0.364 e. The molecular formula is C18H14Cl2N4O2. The van der Waals surface area contributed by atoms with Crippen molar-refractivity contribution in [2.24, 2.45) is 0 Å². The van der Waals surface area contributed by atoms with Crippen LogP contribution in [-0.4, -0.2) is 32.3 Å². The van der Waals surface area contributed by atoms with E-state index in [2.05, 4.69) is 5.16 Å². The molecule has 4 heterocycles. The van der Waals surface area contributed by atoms with Crippen LogP contribution in [0.5, 0.6) is 0 Å². The number of carbonyl (C=O) groups excluding carboxylic acids is 1. The molecule has 3 aromatic rings. The number of carbonyl (C=O) groups is 1. The van der Waals surface area contributed by atoms with Crippen LogP contribution in [0.4, 0.5) is 0 Å². The normalized spacial score (nSPS) is 15.4. The Bertz CT molecular complexity index is 1040. The van der Waals surface area contributed by atoms with E-state index in [0.29, 0.717) is 28.7 Å². The number of nitrogens with zero attached hydrogens (tertiary/aromatic N) is 4. The first-order chi connectivity index (χ1) is 12.6. The number of aromatic nitrogens is 3. The highest BCUT2D eigenvalue weighted by atomic mass is 35.5. The fraction of sp³-hybridized carbons (Fsp3) is 0.278. The fourth-order valence-electron chi connectivity index (χ4n) is 3.69. The first-order valence-electron chi connectivity index (χ1n) is 8.38. The van der Waals surface area contributed by atoms with Gasteiger partial charge in [-0.05, 0) is 24.6 Å². The molecule has 0 saturated heterocycles. The summed E-state index contributed by atoms with van der Waals surface area (Å²) in [7, 11) is 0. The van der Waals surface area contributed by atoms with Crippen LogP contribution in [-0.2, 0) is 25.9 Å². The lowest BCUT2D eigenvalue weighted by Gasteiger charge is -2.27. The molecule has 132 valence electrons. The Kier molecular flexibility index (Phi) is 3.58. The smallest absolute Gasteiger partial charge is 0.254 e. The van der Waals surface area contributed by atoms with Gasteiger partial charge in [0.2, 0.25) is 0 Å². The van der Waals surface area contributed by atoms with E-state index < -0.39 is 0 Å².